The van der Waals surface area contributed by atoms with Gasteiger partial charge in [-0.15, -0.1) is 10.2 Å². The highest BCUT2D eigenvalue weighted by Crippen LogP contribution is 2.31. The van der Waals surface area contributed by atoms with Crippen LogP contribution >= 0.6 is 11.6 Å². The zero-order valence-corrected chi connectivity index (χ0v) is 21.2. The first-order valence-electron chi connectivity index (χ1n) is 11.3. The topological polar surface area (TPSA) is 151 Å². The zero-order valence-electron chi connectivity index (χ0n) is 20.5. The van der Waals surface area contributed by atoms with Crippen LogP contribution in [0, 0.1) is 18.3 Å². The lowest BCUT2D eigenvalue weighted by atomic mass is 10.0. The number of aromatic nitrogens is 6. The number of benzene rings is 2. The fraction of sp³-hybridized carbons (Fsp3) is 0.120. The van der Waals surface area contributed by atoms with Gasteiger partial charge in [-0.2, -0.15) is 23.2 Å². The number of nitrogens with zero attached hydrogens (tertiary/aromatic N) is 7. The molecular formula is C25H17ClF3N9O2. The Morgan fingerprint density at radius 1 is 1.20 bits per heavy atom. The number of nitrogens with one attached hydrogen (secondary N) is 2. The van der Waals surface area contributed by atoms with Gasteiger partial charge in [0.25, 0.3) is 17.6 Å². The zero-order chi connectivity index (χ0) is 29.0. The summed E-state index contributed by atoms with van der Waals surface area (Å²) >= 11 is 6.37. The number of alkyl halides is 3. The molecule has 0 radical (unpaired) electrons. The monoisotopic (exact) mass is 567 g/mol. The normalized spacial score (nSPS) is 11.0. The number of hydrogen-bond acceptors (Lipinski definition) is 8. The van der Waals surface area contributed by atoms with Crippen molar-refractivity contribution in [3.05, 3.63) is 94.3 Å². The van der Waals surface area contributed by atoms with Crippen molar-refractivity contribution in [2.45, 2.75) is 19.6 Å². The number of tetrazole rings is 1. The van der Waals surface area contributed by atoms with Gasteiger partial charge < -0.3 is 10.6 Å². The van der Waals surface area contributed by atoms with Gasteiger partial charge in [-0.1, -0.05) is 36.4 Å². The summed E-state index contributed by atoms with van der Waals surface area (Å²) in [7, 11) is 0. The molecule has 0 bridgehead atoms. The van der Waals surface area contributed by atoms with Crippen molar-refractivity contribution in [3.8, 4) is 17.3 Å². The SMILES string of the molecule is C=CNC(=O)c1cc(C#N)cc(C)c1NC(=O)c1cnc(Cn2nnc(C(F)(F)F)n2)nc1-c1ccccc1Cl. The number of carbonyl (C=O) groups is 2. The van der Waals surface area contributed by atoms with Gasteiger partial charge in [-0.05, 0) is 42.1 Å². The molecule has 15 heteroatoms. The summed E-state index contributed by atoms with van der Waals surface area (Å²) in [4.78, 5) is 35.3. The Morgan fingerprint density at radius 3 is 2.60 bits per heavy atom. The molecule has 2 heterocycles. The summed E-state index contributed by atoms with van der Waals surface area (Å²) in [5.74, 6) is -2.79. The second kappa shape index (κ2) is 11.3. The van der Waals surface area contributed by atoms with Crippen molar-refractivity contribution in [3.63, 3.8) is 0 Å². The molecule has 0 aliphatic heterocycles. The molecule has 0 aliphatic carbocycles. The van der Waals surface area contributed by atoms with E-state index < -0.39 is 23.8 Å². The van der Waals surface area contributed by atoms with E-state index in [1.54, 1.807) is 31.2 Å². The third kappa shape index (κ3) is 5.94. The molecule has 4 rings (SSSR count). The van der Waals surface area contributed by atoms with E-state index in [0.717, 1.165) is 6.20 Å². The minimum Gasteiger partial charge on any atom is -0.329 e. The predicted molar refractivity (Wildman–Crippen MR) is 136 cm³/mol. The van der Waals surface area contributed by atoms with Gasteiger partial charge in [-0.3, -0.25) is 9.59 Å². The summed E-state index contributed by atoms with van der Waals surface area (Å²) in [6.45, 7) is 4.67. The van der Waals surface area contributed by atoms with Crippen LogP contribution in [-0.2, 0) is 12.7 Å². The Morgan fingerprint density at radius 2 is 1.95 bits per heavy atom. The van der Waals surface area contributed by atoms with Gasteiger partial charge >= 0.3 is 6.18 Å². The lowest BCUT2D eigenvalue weighted by Gasteiger charge is -2.16. The highest BCUT2D eigenvalue weighted by atomic mass is 35.5. The van der Waals surface area contributed by atoms with E-state index >= 15 is 0 Å². The van der Waals surface area contributed by atoms with Gasteiger partial charge in [0.2, 0.25) is 0 Å². The number of anilines is 1. The summed E-state index contributed by atoms with van der Waals surface area (Å²) < 4.78 is 38.6. The highest BCUT2D eigenvalue weighted by Gasteiger charge is 2.36. The van der Waals surface area contributed by atoms with Crippen LogP contribution in [0.3, 0.4) is 0 Å². The molecule has 40 heavy (non-hydrogen) atoms. The minimum absolute atomic E-state index is 0.0133. The average Bonchev–Trinajstić information content (AvgIpc) is 3.39. The number of amides is 2. The third-order valence-electron chi connectivity index (χ3n) is 5.38. The maximum absolute atomic E-state index is 13.5. The Hall–Kier alpha value is -5.16. The second-order valence-corrected chi connectivity index (χ2v) is 8.54. The lowest BCUT2D eigenvalue weighted by molar-refractivity contribution is -0.145. The summed E-state index contributed by atoms with van der Waals surface area (Å²) in [5, 5.41) is 24.3. The van der Waals surface area contributed by atoms with Gasteiger partial charge in [0.15, 0.2) is 5.82 Å². The molecule has 0 saturated heterocycles. The molecule has 0 aliphatic rings. The van der Waals surface area contributed by atoms with E-state index in [9.17, 15) is 28.0 Å². The first-order valence-corrected chi connectivity index (χ1v) is 11.6. The van der Waals surface area contributed by atoms with Crippen LogP contribution in [0.5, 0.6) is 0 Å². The average molecular weight is 568 g/mol. The number of nitriles is 1. The maximum atomic E-state index is 13.5. The van der Waals surface area contributed by atoms with E-state index in [0.29, 0.717) is 15.9 Å². The molecule has 2 amide bonds. The smallest absolute Gasteiger partial charge is 0.329 e. The van der Waals surface area contributed by atoms with Crippen LogP contribution in [0.25, 0.3) is 11.3 Å². The Balaban J connectivity index is 1.76. The minimum atomic E-state index is -4.78. The number of hydrogen-bond donors (Lipinski definition) is 2. The molecule has 2 aromatic heterocycles. The van der Waals surface area contributed by atoms with Crippen LogP contribution in [0.2, 0.25) is 5.02 Å². The molecule has 0 unspecified atom stereocenters. The van der Waals surface area contributed by atoms with Crippen LogP contribution in [0.15, 0.2) is 55.4 Å². The molecule has 4 aromatic rings. The Kier molecular flexibility index (Phi) is 7.87. The van der Waals surface area contributed by atoms with Crippen LogP contribution in [0.1, 0.15) is 43.5 Å². The van der Waals surface area contributed by atoms with Crippen molar-refractivity contribution >= 4 is 29.1 Å². The number of rotatable bonds is 7. The molecule has 0 spiro atoms. The number of aryl methyl sites for hydroxylation is 1. The molecule has 0 fully saturated rings. The highest BCUT2D eigenvalue weighted by molar-refractivity contribution is 6.33. The van der Waals surface area contributed by atoms with Gasteiger partial charge in [0.1, 0.15) is 6.54 Å². The Labute approximate surface area is 229 Å². The van der Waals surface area contributed by atoms with Crippen molar-refractivity contribution in [1.29, 1.82) is 5.26 Å². The molecule has 0 saturated carbocycles. The molecular weight excluding hydrogens is 551 g/mol. The van der Waals surface area contributed by atoms with Crippen LogP contribution < -0.4 is 10.6 Å². The summed E-state index contributed by atoms with van der Waals surface area (Å²) in [5.41, 5.74) is 1.11. The molecule has 11 nitrogen and oxygen atoms in total. The van der Waals surface area contributed by atoms with E-state index in [-0.39, 0.29) is 45.5 Å². The lowest BCUT2D eigenvalue weighted by Crippen LogP contribution is -2.23. The summed E-state index contributed by atoms with van der Waals surface area (Å²) in [6.07, 6.45) is -2.46. The van der Waals surface area contributed by atoms with Crippen LogP contribution in [0.4, 0.5) is 18.9 Å². The molecule has 2 aromatic carbocycles. The van der Waals surface area contributed by atoms with Crippen molar-refractivity contribution in [1.82, 2.24) is 35.5 Å². The summed E-state index contributed by atoms with van der Waals surface area (Å²) in [6, 6.07) is 11.2. The van der Waals surface area contributed by atoms with Crippen LogP contribution in [-0.4, -0.2) is 42.0 Å². The standard InChI is InChI=1S/C25H17ClF3N9O2/c1-3-31-22(39)16-9-14(10-30)8-13(2)20(16)34-23(40)17-11-32-19(12-38-36-24(35-37-38)25(27,28)29)33-21(17)15-6-4-5-7-18(15)26/h3-9,11H,1,12H2,2H3,(H,31,39)(H,34,40). The largest absolute Gasteiger partial charge is 0.455 e. The number of carbonyl (C=O) groups excluding carboxylic acids is 2. The number of halogens is 4. The van der Waals surface area contributed by atoms with Gasteiger partial charge in [-0.25, -0.2) is 9.97 Å². The fourth-order valence-electron chi connectivity index (χ4n) is 3.62. The fourth-order valence-corrected chi connectivity index (χ4v) is 3.84. The Bertz CT molecular complexity index is 1680. The van der Waals surface area contributed by atoms with E-state index in [1.807, 2.05) is 6.07 Å². The third-order valence-corrected chi connectivity index (χ3v) is 5.71. The molecule has 0 atom stereocenters. The van der Waals surface area contributed by atoms with Crippen molar-refractivity contribution in [2.24, 2.45) is 0 Å². The predicted octanol–water partition coefficient (Wildman–Crippen LogP) is 4.16. The first kappa shape index (κ1) is 27.9. The van der Waals surface area contributed by atoms with Gasteiger partial charge in [0, 0.05) is 16.8 Å². The van der Waals surface area contributed by atoms with Gasteiger partial charge in [0.05, 0.1) is 34.1 Å². The second-order valence-electron chi connectivity index (χ2n) is 8.13. The van der Waals surface area contributed by atoms with E-state index in [1.165, 1.54) is 18.3 Å². The quantitative estimate of drug-likeness (QED) is 0.338. The van der Waals surface area contributed by atoms with E-state index in [4.69, 9.17) is 11.6 Å². The first-order chi connectivity index (χ1) is 19.0. The van der Waals surface area contributed by atoms with Crippen molar-refractivity contribution < 1.29 is 22.8 Å². The molecule has 202 valence electrons. The van der Waals surface area contributed by atoms with Crippen molar-refractivity contribution in [2.75, 3.05) is 5.32 Å². The molecule has 2 N–H and O–H groups in total. The maximum Gasteiger partial charge on any atom is 0.455 e. The van der Waals surface area contributed by atoms with E-state index in [2.05, 4.69) is 42.6 Å².